The molecule has 3 aromatic rings. The topological polar surface area (TPSA) is 27.7 Å². The van der Waals surface area contributed by atoms with Crippen LogP contribution >= 0.6 is 0 Å². The smallest absolute Gasteiger partial charge is 0.413 e. The molecule has 0 bridgehead atoms. The number of para-hydroxylation sites is 3. The summed E-state index contributed by atoms with van der Waals surface area (Å²) in [5.74, 6) is 0.941. The molecule has 24 heavy (non-hydrogen) atoms. The van der Waals surface area contributed by atoms with Gasteiger partial charge in [0, 0.05) is 10.2 Å². The highest BCUT2D eigenvalue weighted by molar-refractivity contribution is 6.09. The standard InChI is InChI=1S/C20H20O3Si/c24-16-20(21-17-10-4-1-5-11-17,22-18-12-6-2-7-13-18)23-19-14-8-3-9-15-19/h1-15H,16H2,24H3. The number of hydrogen-bond acceptors (Lipinski definition) is 3. The molecule has 0 N–H and O–H groups in total. The minimum Gasteiger partial charge on any atom is -0.421 e. The molecule has 0 atom stereocenters. The molecule has 0 saturated heterocycles. The van der Waals surface area contributed by atoms with Gasteiger partial charge in [-0.15, -0.1) is 0 Å². The molecule has 0 saturated carbocycles. The Morgan fingerprint density at radius 3 is 1.08 bits per heavy atom. The van der Waals surface area contributed by atoms with E-state index in [0.717, 1.165) is 10.2 Å². The van der Waals surface area contributed by atoms with Crippen LogP contribution in [0.5, 0.6) is 17.2 Å². The number of benzene rings is 3. The van der Waals surface area contributed by atoms with Crippen LogP contribution in [0.15, 0.2) is 91.0 Å². The lowest BCUT2D eigenvalue weighted by atomic mass is 10.3. The Bertz CT molecular complexity index is 631. The first-order valence-electron chi connectivity index (χ1n) is 8.02. The molecule has 0 aliphatic rings. The Kier molecular flexibility index (Phi) is 5.18. The van der Waals surface area contributed by atoms with Gasteiger partial charge >= 0.3 is 5.97 Å². The maximum atomic E-state index is 6.15. The predicted octanol–water partition coefficient (Wildman–Crippen LogP) is 3.66. The molecule has 0 aliphatic heterocycles. The van der Waals surface area contributed by atoms with Crippen molar-refractivity contribution in [3.8, 4) is 17.2 Å². The quantitative estimate of drug-likeness (QED) is 0.487. The summed E-state index contributed by atoms with van der Waals surface area (Å²) >= 11 is 0. The fourth-order valence-electron chi connectivity index (χ4n) is 2.28. The third-order valence-corrected chi connectivity index (χ3v) is 4.35. The van der Waals surface area contributed by atoms with Gasteiger partial charge in [-0.25, -0.2) is 0 Å². The highest BCUT2D eigenvalue weighted by Crippen LogP contribution is 2.28. The molecule has 3 nitrogen and oxygen atoms in total. The van der Waals surface area contributed by atoms with Crippen LogP contribution in [0.2, 0.25) is 6.04 Å². The van der Waals surface area contributed by atoms with E-state index < -0.39 is 5.97 Å². The summed E-state index contributed by atoms with van der Waals surface area (Å²) in [4.78, 5) is 0. The number of rotatable bonds is 7. The summed E-state index contributed by atoms with van der Waals surface area (Å²) in [5.41, 5.74) is 0. The highest BCUT2D eigenvalue weighted by atomic mass is 28.1. The van der Waals surface area contributed by atoms with Gasteiger partial charge in [0.1, 0.15) is 17.2 Å². The van der Waals surface area contributed by atoms with Crippen molar-refractivity contribution in [1.82, 2.24) is 0 Å². The lowest BCUT2D eigenvalue weighted by Crippen LogP contribution is -2.48. The summed E-state index contributed by atoms with van der Waals surface area (Å²) in [6, 6.07) is 29.5. The number of ether oxygens (including phenoxy) is 3. The second-order valence-corrected chi connectivity index (χ2v) is 5.99. The van der Waals surface area contributed by atoms with Gasteiger partial charge in [0.2, 0.25) is 0 Å². The van der Waals surface area contributed by atoms with Crippen LogP contribution in [0, 0.1) is 0 Å². The average Bonchev–Trinajstić information content (AvgIpc) is 2.64. The maximum Gasteiger partial charge on any atom is 0.413 e. The van der Waals surface area contributed by atoms with Gasteiger partial charge in [-0.2, -0.15) is 0 Å². The minimum atomic E-state index is -1.18. The van der Waals surface area contributed by atoms with E-state index in [-0.39, 0.29) is 0 Å². The Balaban J connectivity index is 1.91. The normalized spacial score (nSPS) is 11.0. The Morgan fingerprint density at radius 1 is 0.542 bits per heavy atom. The molecule has 3 rings (SSSR count). The Labute approximate surface area is 145 Å². The van der Waals surface area contributed by atoms with Crippen molar-refractivity contribution < 1.29 is 14.2 Å². The van der Waals surface area contributed by atoms with Crippen molar-refractivity contribution in [3.05, 3.63) is 91.0 Å². The third kappa shape index (κ3) is 4.17. The first-order chi connectivity index (χ1) is 11.8. The molecule has 122 valence electrons. The minimum absolute atomic E-state index is 0.645. The van der Waals surface area contributed by atoms with Crippen molar-refractivity contribution in [2.24, 2.45) is 0 Å². The SMILES string of the molecule is [SiH3]CC(Oc1ccccc1)(Oc1ccccc1)Oc1ccccc1. The van der Waals surface area contributed by atoms with Gasteiger partial charge in [-0.3, -0.25) is 0 Å². The van der Waals surface area contributed by atoms with Crippen LogP contribution in [0.4, 0.5) is 0 Å². The second kappa shape index (κ2) is 7.70. The van der Waals surface area contributed by atoms with Gasteiger partial charge in [-0.1, -0.05) is 54.6 Å². The molecule has 0 aromatic heterocycles. The molecule has 0 amide bonds. The van der Waals surface area contributed by atoms with Crippen LogP contribution in [0.25, 0.3) is 0 Å². The molecule has 3 aromatic carbocycles. The van der Waals surface area contributed by atoms with E-state index >= 15 is 0 Å². The molecule has 0 fully saturated rings. The zero-order valence-electron chi connectivity index (χ0n) is 13.6. The van der Waals surface area contributed by atoms with E-state index in [1.165, 1.54) is 0 Å². The van der Waals surface area contributed by atoms with E-state index in [9.17, 15) is 0 Å². The fourth-order valence-corrected chi connectivity index (χ4v) is 2.72. The molecule has 0 heterocycles. The largest absolute Gasteiger partial charge is 0.421 e. The van der Waals surface area contributed by atoms with E-state index in [0.29, 0.717) is 23.3 Å². The monoisotopic (exact) mass is 336 g/mol. The zero-order chi connectivity index (χ0) is 16.7. The van der Waals surface area contributed by atoms with Crippen LogP contribution in [0.1, 0.15) is 0 Å². The Morgan fingerprint density at radius 2 is 0.833 bits per heavy atom. The third-order valence-electron chi connectivity index (χ3n) is 3.48. The van der Waals surface area contributed by atoms with Gasteiger partial charge in [-0.05, 0) is 36.4 Å². The van der Waals surface area contributed by atoms with Gasteiger partial charge < -0.3 is 14.2 Å². The van der Waals surface area contributed by atoms with Gasteiger partial charge in [0.05, 0.1) is 6.04 Å². The summed E-state index contributed by atoms with van der Waals surface area (Å²) < 4.78 is 18.4. The van der Waals surface area contributed by atoms with Crippen molar-refractivity contribution >= 4 is 10.2 Å². The molecule has 0 unspecified atom stereocenters. The molecule has 4 heteroatoms. The molecule has 0 aliphatic carbocycles. The highest BCUT2D eigenvalue weighted by Gasteiger charge is 2.36. The fraction of sp³-hybridized carbons (Fsp3) is 0.100. The van der Waals surface area contributed by atoms with Crippen molar-refractivity contribution in [2.45, 2.75) is 12.0 Å². The van der Waals surface area contributed by atoms with Crippen LogP contribution in [-0.4, -0.2) is 16.2 Å². The molecule has 0 radical (unpaired) electrons. The van der Waals surface area contributed by atoms with Crippen molar-refractivity contribution in [3.63, 3.8) is 0 Å². The van der Waals surface area contributed by atoms with E-state index in [4.69, 9.17) is 14.2 Å². The predicted molar refractivity (Wildman–Crippen MR) is 98.7 cm³/mol. The van der Waals surface area contributed by atoms with Crippen LogP contribution in [-0.2, 0) is 0 Å². The summed E-state index contributed by atoms with van der Waals surface area (Å²) in [7, 11) is 0.853. The van der Waals surface area contributed by atoms with Crippen molar-refractivity contribution in [1.29, 1.82) is 0 Å². The first-order valence-corrected chi connectivity index (χ1v) is 9.43. The number of hydrogen-bond donors (Lipinski definition) is 0. The lowest BCUT2D eigenvalue weighted by molar-refractivity contribution is -0.237. The van der Waals surface area contributed by atoms with Gasteiger partial charge in [0.15, 0.2) is 0 Å². The maximum absolute atomic E-state index is 6.15. The first kappa shape index (κ1) is 16.1. The van der Waals surface area contributed by atoms with E-state index in [1.54, 1.807) is 0 Å². The zero-order valence-corrected chi connectivity index (χ0v) is 15.6. The van der Waals surface area contributed by atoms with Crippen LogP contribution in [0.3, 0.4) is 0 Å². The average molecular weight is 336 g/mol. The van der Waals surface area contributed by atoms with Gasteiger partial charge in [0.25, 0.3) is 0 Å². The molecule has 0 spiro atoms. The van der Waals surface area contributed by atoms with Crippen LogP contribution < -0.4 is 14.2 Å². The second-order valence-electron chi connectivity index (χ2n) is 5.28. The summed E-state index contributed by atoms with van der Waals surface area (Å²) in [5, 5.41) is 0. The van der Waals surface area contributed by atoms with E-state index in [1.807, 2.05) is 91.0 Å². The molecular formula is C20H20O3Si. The van der Waals surface area contributed by atoms with E-state index in [2.05, 4.69) is 0 Å². The summed E-state index contributed by atoms with van der Waals surface area (Å²) in [6.07, 6.45) is 0. The van der Waals surface area contributed by atoms with Crippen molar-refractivity contribution in [2.75, 3.05) is 0 Å². The summed E-state index contributed by atoms with van der Waals surface area (Å²) in [6.45, 7) is 0. The lowest BCUT2D eigenvalue weighted by Gasteiger charge is -2.33. The molecular weight excluding hydrogens is 316 g/mol. The Hall–Kier alpha value is -2.72.